The van der Waals surface area contributed by atoms with Crippen LogP contribution in [0.4, 0.5) is 0 Å². The molecule has 0 radical (unpaired) electrons. The Bertz CT molecular complexity index is 740. The molecule has 0 spiro atoms. The molecule has 0 atom stereocenters. The van der Waals surface area contributed by atoms with Crippen LogP contribution < -0.4 is 5.32 Å². The van der Waals surface area contributed by atoms with E-state index in [-0.39, 0.29) is 18.1 Å². The maximum Gasteiger partial charge on any atom is 0.220 e. The summed E-state index contributed by atoms with van der Waals surface area (Å²) < 4.78 is 5.69. The van der Waals surface area contributed by atoms with Gasteiger partial charge in [0, 0.05) is 29.5 Å². The number of nitrogens with one attached hydrogen (secondary N) is 1. The number of amides is 1. The minimum Gasteiger partial charge on any atom is -0.441 e. The van der Waals surface area contributed by atoms with Crippen molar-refractivity contribution in [3.63, 3.8) is 0 Å². The van der Waals surface area contributed by atoms with Crippen LogP contribution in [0.15, 0.2) is 28.8 Å². The lowest BCUT2D eigenvalue weighted by molar-refractivity contribution is -0.122. The van der Waals surface area contributed by atoms with Crippen LogP contribution in [0, 0.1) is 0 Å². The molecule has 0 saturated heterocycles. The summed E-state index contributed by atoms with van der Waals surface area (Å²) in [4.78, 5) is 16.3. The van der Waals surface area contributed by atoms with Crippen LogP contribution in [0.3, 0.4) is 0 Å². The second-order valence-corrected chi connectivity index (χ2v) is 7.16. The highest BCUT2D eigenvalue weighted by molar-refractivity contribution is 6.36. The number of hydrogen-bond donors (Lipinski definition) is 2. The van der Waals surface area contributed by atoms with Crippen LogP contribution >= 0.6 is 23.2 Å². The van der Waals surface area contributed by atoms with Crippen molar-refractivity contribution >= 4 is 29.1 Å². The van der Waals surface area contributed by atoms with E-state index in [2.05, 4.69) is 10.3 Å². The molecule has 0 bridgehead atoms. The third-order valence-corrected chi connectivity index (χ3v) is 4.93. The number of nitrogens with zero attached hydrogens (tertiary/aromatic N) is 1. The topological polar surface area (TPSA) is 75.4 Å². The summed E-state index contributed by atoms with van der Waals surface area (Å²) in [6.07, 6.45) is 5.26. The Morgan fingerprint density at radius 1 is 1.28 bits per heavy atom. The maximum atomic E-state index is 12.1. The average Bonchev–Trinajstić information content (AvgIpc) is 3.04. The highest BCUT2D eigenvalue weighted by atomic mass is 35.5. The van der Waals surface area contributed by atoms with Gasteiger partial charge in [-0.1, -0.05) is 23.2 Å². The Morgan fingerprint density at radius 3 is 2.76 bits per heavy atom. The van der Waals surface area contributed by atoms with E-state index in [4.69, 9.17) is 27.6 Å². The summed E-state index contributed by atoms with van der Waals surface area (Å²) in [6.45, 7) is 0. The summed E-state index contributed by atoms with van der Waals surface area (Å²) in [7, 11) is 0. The molecule has 134 valence electrons. The number of aryl methyl sites for hydroxylation is 1. The van der Waals surface area contributed by atoms with Crippen molar-refractivity contribution in [2.75, 3.05) is 0 Å². The Labute approximate surface area is 156 Å². The van der Waals surface area contributed by atoms with Gasteiger partial charge in [-0.2, -0.15) is 0 Å². The third-order valence-electron chi connectivity index (χ3n) is 4.38. The lowest BCUT2D eigenvalue weighted by Crippen LogP contribution is -2.38. The van der Waals surface area contributed by atoms with Crippen LogP contribution in [0.5, 0.6) is 0 Å². The summed E-state index contributed by atoms with van der Waals surface area (Å²) in [5.74, 6) is 1.03. The number of aliphatic hydroxyl groups excluding tert-OH is 1. The number of carbonyl (C=O) groups excluding carboxylic acids is 1. The molecule has 2 aromatic rings. The molecule has 0 aliphatic heterocycles. The number of aromatic nitrogens is 1. The molecule has 1 aromatic carbocycles. The van der Waals surface area contributed by atoms with Gasteiger partial charge in [0.2, 0.25) is 5.91 Å². The molecule has 1 aromatic heterocycles. The van der Waals surface area contributed by atoms with Crippen LogP contribution in [0.25, 0.3) is 11.3 Å². The second kappa shape index (κ2) is 8.21. The SMILES string of the molecule is O=C(CCc1ncc(-c2ccc(Cl)cc2Cl)o1)NC1CCC(O)CC1. The van der Waals surface area contributed by atoms with Gasteiger partial charge in [-0.25, -0.2) is 4.98 Å². The van der Waals surface area contributed by atoms with Gasteiger partial charge < -0.3 is 14.8 Å². The lowest BCUT2D eigenvalue weighted by Gasteiger charge is -2.26. The number of hydrogen-bond acceptors (Lipinski definition) is 4. The molecule has 1 fully saturated rings. The van der Waals surface area contributed by atoms with Gasteiger partial charge in [-0.3, -0.25) is 4.79 Å². The molecule has 1 aliphatic carbocycles. The molecule has 1 saturated carbocycles. The second-order valence-electron chi connectivity index (χ2n) is 6.32. The number of oxazole rings is 1. The Kier molecular flexibility index (Phi) is 5.99. The van der Waals surface area contributed by atoms with Crippen LogP contribution in [0.2, 0.25) is 10.0 Å². The largest absolute Gasteiger partial charge is 0.441 e. The summed E-state index contributed by atoms with van der Waals surface area (Å²) >= 11 is 12.1. The van der Waals surface area contributed by atoms with Gasteiger partial charge >= 0.3 is 0 Å². The van der Waals surface area contributed by atoms with Crippen molar-refractivity contribution in [1.82, 2.24) is 10.3 Å². The summed E-state index contributed by atoms with van der Waals surface area (Å²) in [6, 6.07) is 5.32. The minimum absolute atomic E-state index is 0.0225. The normalized spacial score (nSPS) is 20.4. The zero-order chi connectivity index (χ0) is 17.8. The third kappa shape index (κ3) is 4.97. The standard InChI is InChI=1S/C18H20Cl2N2O3/c19-11-1-6-14(15(20)9-11)16-10-21-18(25-16)8-7-17(24)22-12-2-4-13(23)5-3-12/h1,6,9-10,12-13,23H,2-5,7-8H2,(H,22,24). The first-order chi connectivity index (χ1) is 12.0. The van der Waals surface area contributed by atoms with Gasteiger partial charge in [-0.05, 0) is 43.9 Å². The van der Waals surface area contributed by atoms with E-state index in [9.17, 15) is 9.90 Å². The quantitative estimate of drug-likeness (QED) is 0.819. The van der Waals surface area contributed by atoms with Crippen molar-refractivity contribution < 1.29 is 14.3 Å². The average molecular weight is 383 g/mol. The maximum absolute atomic E-state index is 12.1. The summed E-state index contributed by atoms with van der Waals surface area (Å²) in [5.41, 5.74) is 0.718. The molecule has 2 N–H and O–H groups in total. The summed E-state index contributed by atoms with van der Waals surface area (Å²) in [5, 5.41) is 13.6. The van der Waals surface area contributed by atoms with Crippen LogP contribution in [-0.4, -0.2) is 28.1 Å². The van der Waals surface area contributed by atoms with E-state index in [1.165, 1.54) is 0 Å². The first-order valence-corrected chi connectivity index (χ1v) is 9.14. The molecule has 1 heterocycles. The number of aliphatic hydroxyl groups is 1. The first-order valence-electron chi connectivity index (χ1n) is 8.39. The molecule has 7 heteroatoms. The molecule has 5 nitrogen and oxygen atoms in total. The fourth-order valence-electron chi connectivity index (χ4n) is 2.98. The molecule has 0 unspecified atom stereocenters. The number of carbonyl (C=O) groups is 1. The molecule has 1 aliphatic rings. The Hall–Kier alpha value is -1.56. The van der Waals surface area contributed by atoms with E-state index in [1.54, 1.807) is 24.4 Å². The monoisotopic (exact) mass is 382 g/mol. The van der Waals surface area contributed by atoms with Crippen molar-refractivity contribution in [3.05, 3.63) is 40.3 Å². The zero-order valence-corrected chi connectivity index (χ0v) is 15.2. The zero-order valence-electron chi connectivity index (χ0n) is 13.7. The molecule has 3 rings (SSSR count). The van der Waals surface area contributed by atoms with E-state index >= 15 is 0 Å². The van der Waals surface area contributed by atoms with Gasteiger partial charge in [0.05, 0.1) is 17.3 Å². The fraction of sp³-hybridized carbons (Fsp3) is 0.444. The fourth-order valence-corrected chi connectivity index (χ4v) is 3.48. The molecular weight excluding hydrogens is 363 g/mol. The molecule has 1 amide bonds. The lowest BCUT2D eigenvalue weighted by atomic mass is 9.93. The van der Waals surface area contributed by atoms with Gasteiger partial charge in [0.15, 0.2) is 11.7 Å². The van der Waals surface area contributed by atoms with Crippen molar-refractivity contribution in [3.8, 4) is 11.3 Å². The minimum atomic E-state index is -0.224. The van der Waals surface area contributed by atoms with Gasteiger partial charge in [0.1, 0.15) is 0 Å². The number of benzene rings is 1. The predicted molar refractivity (Wildman–Crippen MR) is 96.7 cm³/mol. The van der Waals surface area contributed by atoms with Crippen molar-refractivity contribution in [2.24, 2.45) is 0 Å². The van der Waals surface area contributed by atoms with E-state index in [0.717, 1.165) is 31.2 Å². The van der Waals surface area contributed by atoms with Crippen molar-refractivity contribution in [2.45, 2.75) is 50.7 Å². The first kappa shape index (κ1) is 18.2. The van der Waals surface area contributed by atoms with E-state index in [0.29, 0.717) is 34.5 Å². The van der Waals surface area contributed by atoms with Crippen LogP contribution in [0.1, 0.15) is 38.0 Å². The Balaban J connectivity index is 1.52. The van der Waals surface area contributed by atoms with Gasteiger partial charge in [-0.15, -0.1) is 0 Å². The predicted octanol–water partition coefficient (Wildman–Crippen LogP) is 4.00. The van der Waals surface area contributed by atoms with Crippen LogP contribution in [-0.2, 0) is 11.2 Å². The number of halogens is 2. The molecule has 25 heavy (non-hydrogen) atoms. The highest BCUT2D eigenvalue weighted by Crippen LogP contribution is 2.30. The number of rotatable bonds is 5. The van der Waals surface area contributed by atoms with E-state index in [1.807, 2.05) is 0 Å². The van der Waals surface area contributed by atoms with Crippen molar-refractivity contribution in [1.29, 1.82) is 0 Å². The smallest absolute Gasteiger partial charge is 0.220 e. The van der Waals surface area contributed by atoms with E-state index < -0.39 is 0 Å². The Morgan fingerprint density at radius 2 is 2.04 bits per heavy atom. The van der Waals surface area contributed by atoms with Gasteiger partial charge in [0.25, 0.3) is 0 Å². The molecular formula is C18H20Cl2N2O3. The highest BCUT2D eigenvalue weighted by Gasteiger charge is 2.21.